The van der Waals surface area contributed by atoms with E-state index in [0.29, 0.717) is 0 Å². The summed E-state index contributed by atoms with van der Waals surface area (Å²) < 4.78 is 5.47. The second-order valence-electron chi connectivity index (χ2n) is 6.18. The summed E-state index contributed by atoms with van der Waals surface area (Å²) in [6.45, 7) is 12.2. The molecule has 3 nitrogen and oxygen atoms in total. The molecule has 3 heteroatoms. The number of allylic oxidation sites excluding steroid dienone is 1. The molecule has 0 aromatic carbocycles. The van der Waals surface area contributed by atoms with Crippen molar-refractivity contribution in [2.45, 2.75) is 53.8 Å². The first-order chi connectivity index (χ1) is 9.24. The summed E-state index contributed by atoms with van der Waals surface area (Å²) in [5, 5.41) is 19.6. The van der Waals surface area contributed by atoms with Crippen molar-refractivity contribution in [1.29, 1.82) is 0 Å². The highest BCUT2D eigenvalue weighted by atomic mass is 16.5. The Labute approximate surface area is 124 Å². The number of hydrogen-bond acceptors (Lipinski definition) is 3. The molecule has 0 aliphatic rings. The van der Waals surface area contributed by atoms with Gasteiger partial charge in [0.2, 0.25) is 0 Å². The van der Waals surface area contributed by atoms with Crippen LogP contribution in [0, 0.1) is 17.8 Å². The van der Waals surface area contributed by atoms with Gasteiger partial charge in [0.05, 0.1) is 12.2 Å². The van der Waals surface area contributed by atoms with Crippen molar-refractivity contribution < 1.29 is 14.9 Å². The van der Waals surface area contributed by atoms with E-state index in [-0.39, 0.29) is 30.5 Å². The molecule has 0 aromatic rings. The molecule has 0 aliphatic carbocycles. The number of rotatable bonds is 8. The lowest BCUT2D eigenvalue weighted by Crippen LogP contribution is -2.30. The Morgan fingerprint density at radius 1 is 1.05 bits per heavy atom. The first-order valence-electron chi connectivity index (χ1n) is 7.39. The van der Waals surface area contributed by atoms with E-state index in [1.807, 2.05) is 34.6 Å². The molecule has 0 radical (unpaired) electrons. The lowest BCUT2D eigenvalue weighted by Gasteiger charge is -2.27. The third-order valence-corrected chi connectivity index (χ3v) is 3.73. The van der Waals surface area contributed by atoms with Crippen LogP contribution in [0.2, 0.25) is 0 Å². The van der Waals surface area contributed by atoms with E-state index in [0.717, 1.165) is 5.57 Å². The fraction of sp³-hybridized carbons (Fsp3) is 0.765. The molecule has 0 saturated heterocycles. The van der Waals surface area contributed by atoms with Crippen molar-refractivity contribution >= 4 is 0 Å². The van der Waals surface area contributed by atoms with E-state index < -0.39 is 6.10 Å². The van der Waals surface area contributed by atoms with Gasteiger partial charge in [0.15, 0.2) is 0 Å². The summed E-state index contributed by atoms with van der Waals surface area (Å²) >= 11 is 0. The molecule has 0 aliphatic heterocycles. The summed E-state index contributed by atoms with van der Waals surface area (Å²) in [5.74, 6) is 0.321. The minimum Gasteiger partial charge on any atom is -0.396 e. The van der Waals surface area contributed by atoms with Gasteiger partial charge in [-0.2, -0.15) is 0 Å². The predicted molar refractivity (Wildman–Crippen MR) is 84.6 cm³/mol. The first-order valence-corrected chi connectivity index (χ1v) is 7.39. The molecular weight excluding hydrogens is 252 g/mol. The Bertz CT molecular complexity index is 329. The second-order valence-corrected chi connectivity index (χ2v) is 6.18. The van der Waals surface area contributed by atoms with Crippen LogP contribution in [0.25, 0.3) is 0 Å². The van der Waals surface area contributed by atoms with Gasteiger partial charge in [0, 0.05) is 31.5 Å². The number of hydrogen-bond donors (Lipinski definition) is 2. The van der Waals surface area contributed by atoms with Gasteiger partial charge in [-0.25, -0.2) is 0 Å². The summed E-state index contributed by atoms with van der Waals surface area (Å²) in [7, 11) is 1.67. The average Bonchev–Trinajstić information content (AvgIpc) is 2.37. The Morgan fingerprint density at radius 3 is 2.00 bits per heavy atom. The third-order valence-electron chi connectivity index (χ3n) is 3.73. The monoisotopic (exact) mass is 284 g/mol. The van der Waals surface area contributed by atoms with Gasteiger partial charge in [-0.05, 0) is 26.3 Å². The molecule has 5 atom stereocenters. The number of methoxy groups -OCH3 is 1. The summed E-state index contributed by atoms with van der Waals surface area (Å²) in [4.78, 5) is 0. The molecule has 0 heterocycles. The smallest absolute Gasteiger partial charge is 0.0807 e. The highest BCUT2D eigenvalue weighted by molar-refractivity contribution is 5.12. The summed E-state index contributed by atoms with van der Waals surface area (Å²) in [6.07, 6.45) is 3.62. The minimum atomic E-state index is -0.478. The summed E-state index contributed by atoms with van der Waals surface area (Å²) in [6, 6.07) is 0. The lowest BCUT2D eigenvalue weighted by atomic mass is 9.89. The average molecular weight is 284 g/mol. The zero-order valence-corrected chi connectivity index (χ0v) is 14.1. The molecule has 0 bridgehead atoms. The van der Waals surface area contributed by atoms with Gasteiger partial charge in [-0.3, -0.25) is 0 Å². The topological polar surface area (TPSA) is 49.7 Å². The number of aliphatic hydroxyl groups is 2. The summed E-state index contributed by atoms with van der Waals surface area (Å²) in [5.41, 5.74) is 2.16. The molecule has 0 saturated carbocycles. The standard InChI is InChI=1S/C17H32O3/c1-11(2)8-12(3)16(19)13(4)9-14(5)17(20-7)15(6)10-18/h8-9,12,14-19H,10H2,1-7H3/b13-9+/t12-,14+,15+,16+,17-/m1/s1. The molecular formula is C17H32O3. The van der Waals surface area contributed by atoms with Crippen LogP contribution in [0.4, 0.5) is 0 Å². The maximum absolute atomic E-state index is 10.3. The molecule has 20 heavy (non-hydrogen) atoms. The molecule has 0 aromatic heterocycles. The van der Waals surface area contributed by atoms with Crippen molar-refractivity contribution in [1.82, 2.24) is 0 Å². The molecule has 0 fully saturated rings. The highest BCUT2D eigenvalue weighted by Crippen LogP contribution is 2.22. The largest absolute Gasteiger partial charge is 0.396 e. The van der Waals surface area contributed by atoms with Crippen molar-refractivity contribution in [3.63, 3.8) is 0 Å². The maximum atomic E-state index is 10.3. The van der Waals surface area contributed by atoms with Crippen LogP contribution < -0.4 is 0 Å². The van der Waals surface area contributed by atoms with Crippen LogP contribution >= 0.6 is 0 Å². The quantitative estimate of drug-likeness (QED) is 0.673. The van der Waals surface area contributed by atoms with Gasteiger partial charge in [0.25, 0.3) is 0 Å². The minimum absolute atomic E-state index is 0.0408. The number of ether oxygens (including phenoxy) is 1. The second kappa shape index (κ2) is 9.32. The molecule has 0 unspecified atom stereocenters. The van der Waals surface area contributed by atoms with Gasteiger partial charge in [0.1, 0.15) is 0 Å². The SMILES string of the molecule is CO[C@H]([C@@H](C)/C=C(\C)[C@@H](O)[C@H](C)C=C(C)C)[C@@H](C)CO. The van der Waals surface area contributed by atoms with Gasteiger partial charge < -0.3 is 14.9 Å². The predicted octanol–water partition coefficient (Wildman–Crippen LogP) is 3.18. The zero-order chi connectivity index (χ0) is 15.9. The van der Waals surface area contributed by atoms with E-state index in [2.05, 4.69) is 19.1 Å². The fourth-order valence-corrected chi connectivity index (χ4v) is 2.71. The Morgan fingerprint density at radius 2 is 1.60 bits per heavy atom. The van der Waals surface area contributed by atoms with E-state index in [4.69, 9.17) is 4.74 Å². The Balaban J connectivity index is 4.89. The van der Waals surface area contributed by atoms with Crippen LogP contribution in [0.3, 0.4) is 0 Å². The molecule has 0 rings (SSSR count). The van der Waals surface area contributed by atoms with Gasteiger partial charge in [-0.15, -0.1) is 0 Å². The molecule has 0 spiro atoms. The van der Waals surface area contributed by atoms with Crippen molar-refractivity contribution in [2.24, 2.45) is 17.8 Å². The van der Waals surface area contributed by atoms with E-state index in [1.54, 1.807) is 7.11 Å². The Kier molecular flexibility index (Phi) is 9.03. The molecule has 2 N–H and O–H groups in total. The van der Waals surface area contributed by atoms with Crippen LogP contribution in [-0.4, -0.2) is 36.1 Å². The van der Waals surface area contributed by atoms with Crippen LogP contribution in [-0.2, 0) is 4.74 Å². The van der Waals surface area contributed by atoms with Crippen LogP contribution in [0.15, 0.2) is 23.3 Å². The van der Waals surface area contributed by atoms with Crippen molar-refractivity contribution in [2.75, 3.05) is 13.7 Å². The normalized spacial score (nSPS) is 19.9. The first kappa shape index (κ1) is 19.4. The Hall–Kier alpha value is -0.640. The zero-order valence-electron chi connectivity index (χ0n) is 14.1. The van der Waals surface area contributed by atoms with Gasteiger partial charge >= 0.3 is 0 Å². The third kappa shape index (κ3) is 6.21. The van der Waals surface area contributed by atoms with Crippen LogP contribution in [0.1, 0.15) is 41.5 Å². The van der Waals surface area contributed by atoms with Gasteiger partial charge in [-0.1, -0.05) is 38.5 Å². The maximum Gasteiger partial charge on any atom is 0.0807 e. The molecule has 118 valence electrons. The van der Waals surface area contributed by atoms with E-state index in [1.165, 1.54) is 5.57 Å². The van der Waals surface area contributed by atoms with Crippen molar-refractivity contribution in [3.8, 4) is 0 Å². The van der Waals surface area contributed by atoms with Crippen LogP contribution in [0.5, 0.6) is 0 Å². The van der Waals surface area contributed by atoms with E-state index >= 15 is 0 Å². The van der Waals surface area contributed by atoms with Crippen molar-refractivity contribution in [3.05, 3.63) is 23.3 Å². The van der Waals surface area contributed by atoms with E-state index in [9.17, 15) is 10.2 Å². The number of aliphatic hydroxyl groups excluding tert-OH is 2. The fourth-order valence-electron chi connectivity index (χ4n) is 2.71. The lowest BCUT2D eigenvalue weighted by molar-refractivity contribution is 0.0101. The molecule has 0 amide bonds. The highest BCUT2D eigenvalue weighted by Gasteiger charge is 2.23.